The van der Waals surface area contributed by atoms with E-state index in [1.165, 1.54) is 6.26 Å². The molecule has 0 aliphatic heterocycles. The van der Waals surface area contributed by atoms with Crippen LogP contribution >= 0.6 is 27.5 Å². The van der Waals surface area contributed by atoms with E-state index in [0.717, 1.165) is 5.56 Å². The van der Waals surface area contributed by atoms with Crippen LogP contribution < -0.4 is 5.32 Å². The molecule has 1 amide bonds. The summed E-state index contributed by atoms with van der Waals surface area (Å²) in [7, 11) is 0. The van der Waals surface area contributed by atoms with Crippen molar-refractivity contribution >= 4 is 33.4 Å². The number of furan rings is 1. The second kappa shape index (κ2) is 5.80. The van der Waals surface area contributed by atoms with Crippen LogP contribution in [0.15, 0.2) is 47.1 Å². The van der Waals surface area contributed by atoms with Crippen LogP contribution in [0.4, 0.5) is 0 Å². The van der Waals surface area contributed by atoms with Crippen molar-refractivity contribution in [3.63, 3.8) is 0 Å². The van der Waals surface area contributed by atoms with Crippen LogP contribution in [0.5, 0.6) is 0 Å². The highest BCUT2D eigenvalue weighted by molar-refractivity contribution is 9.09. The molecule has 1 aromatic carbocycles. The predicted octanol–water partition coefficient (Wildman–Crippen LogP) is 3.97. The number of rotatable bonds is 4. The molecule has 3 nitrogen and oxygen atoms in total. The third-order valence-electron chi connectivity index (χ3n) is 2.93. The van der Waals surface area contributed by atoms with E-state index in [2.05, 4.69) is 21.2 Å². The van der Waals surface area contributed by atoms with E-state index in [-0.39, 0.29) is 11.1 Å². The topological polar surface area (TPSA) is 42.2 Å². The predicted molar refractivity (Wildman–Crippen MR) is 78.8 cm³/mol. The molecule has 0 radical (unpaired) electrons. The molecular formula is C14H13BrClNO2. The minimum Gasteiger partial charge on any atom is -0.452 e. The minimum absolute atomic E-state index is 0.0995. The second-order valence-corrected chi connectivity index (χ2v) is 5.30. The molecule has 0 bridgehead atoms. The van der Waals surface area contributed by atoms with E-state index in [1.54, 1.807) is 6.07 Å². The lowest BCUT2D eigenvalue weighted by Crippen LogP contribution is -2.44. The quantitative estimate of drug-likeness (QED) is 0.854. The number of nitrogens with one attached hydrogen (secondary N) is 1. The van der Waals surface area contributed by atoms with Crippen LogP contribution in [0.3, 0.4) is 0 Å². The first kappa shape index (κ1) is 14.2. The summed E-state index contributed by atoms with van der Waals surface area (Å²) in [6.45, 7) is 1.95. The van der Waals surface area contributed by atoms with Gasteiger partial charge in [-0.25, -0.2) is 0 Å². The summed E-state index contributed by atoms with van der Waals surface area (Å²) in [5, 5.41) is 3.66. The Labute approximate surface area is 125 Å². The summed E-state index contributed by atoms with van der Waals surface area (Å²) in [5.41, 5.74) is 0.837. The fraction of sp³-hybridized carbons (Fsp3) is 0.214. The molecule has 19 heavy (non-hydrogen) atoms. The average molecular weight is 343 g/mol. The molecule has 1 atom stereocenters. The second-order valence-electron chi connectivity index (χ2n) is 4.39. The Morgan fingerprint density at radius 3 is 2.58 bits per heavy atom. The van der Waals surface area contributed by atoms with Crippen molar-refractivity contribution in [3.05, 3.63) is 59.0 Å². The average Bonchev–Trinajstić information content (AvgIpc) is 2.86. The van der Waals surface area contributed by atoms with E-state index in [1.807, 2.05) is 37.3 Å². The van der Waals surface area contributed by atoms with Gasteiger partial charge in [0, 0.05) is 5.33 Å². The molecule has 2 rings (SSSR count). The largest absolute Gasteiger partial charge is 0.452 e. The standard InChI is InChI=1S/C14H13BrClNO2/c1-14(9-15,10-5-3-2-4-6-10)17-13(18)11-7-8-19-12(11)16/h2-8H,9H2,1H3,(H,17,18). The van der Waals surface area contributed by atoms with E-state index in [0.29, 0.717) is 10.9 Å². The van der Waals surface area contributed by atoms with E-state index in [9.17, 15) is 4.79 Å². The third kappa shape index (κ3) is 3.01. The highest BCUT2D eigenvalue weighted by atomic mass is 79.9. The Morgan fingerprint density at radius 1 is 1.37 bits per heavy atom. The lowest BCUT2D eigenvalue weighted by atomic mass is 9.94. The van der Waals surface area contributed by atoms with Crippen molar-refractivity contribution in [2.24, 2.45) is 0 Å². The number of halogens is 2. The van der Waals surface area contributed by atoms with Crippen molar-refractivity contribution in [1.29, 1.82) is 0 Å². The normalized spacial score (nSPS) is 13.8. The summed E-state index contributed by atoms with van der Waals surface area (Å²) in [4.78, 5) is 12.2. The van der Waals surface area contributed by atoms with E-state index < -0.39 is 5.54 Å². The molecule has 2 aromatic rings. The monoisotopic (exact) mass is 341 g/mol. The highest BCUT2D eigenvalue weighted by Crippen LogP contribution is 2.25. The van der Waals surface area contributed by atoms with Crippen LogP contribution in [0.2, 0.25) is 5.22 Å². The summed E-state index contributed by atoms with van der Waals surface area (Å²) in [5.74, 6) is -0.260. The van der Waals surface area contributed by atoms with Gasteiger partial charge in [-0.2, -0.15) is 0 Å². The molecule has 1 unspecified atom stereocenters. The molecule has 0 fully saturated rings. The number of hydrogen-bond donors (Lipinski definition) is 1. The first-order chi connectivity index (χ1) is 9.07. The van der Waals surface area contributed by atoms with Crippen LogP contribution in [0, 0.1) is 0 Å². The lowest BCUT2D eigenvalue weighted by molar-refractivity contribution is 0.0913. The number of carbonyl (C=O) groups is 1. The van der Waals surface area contributed by atoms with Gasteiger partial charge in [-0.1, -0.05) is 46.3 Å². The summed E-state index contributed by atoms with van der Waals surface area (Å²) < 4.78 is 4.93. The molecule has 1 N–H and O–H groups in total. The van der Waals surface area contributed by atoms with Crippen molar-refractivity contribution < 1.29 is 9.21 Å². The first-order valence-electron chi connectivity index (χ1n) is 5.74. The van der Waals surface area contributed by atoms with Crippen molar-refractivity contribution in [2.45, 2.75) is 12.5 Å². The van der Waals surface area contributed by atoms with Gasteiger partial charge in [0.05, 0.1) is 17.4 Å². The Morgan fingerprint density at radius 2 is 2.05 bits per heavy atom. The number of benzene rings is 1. The maximum atomic E-state index is 12.2. The smallest absolute Gasteiger partial charge is 0.256 e. The Bertz CT molecular complexity index is 570. The van der Waals surface area contributed by atoms with Gasteiger partial charge in [0.25, 0.3) is 5.91 Å². The zero-order valence-corrected chi connectivity index (χ0v) is 12.7. The molecule has 0 aliphatic rings. The van der Waals surface area contributed by atoms with Crippen molar-refractivity contribution in [3.8, 4) is 0 Å². The number of amides is 1. The molecule has 5 heteroatoms. The first-order valence-corrected chi connectivity index (χ1v) is 7.24. The Hall–Kier alpha value is -1.26. The summed E-state index contributed by atoms with van der Waals surface area (Å²) >= 11 is 9.26. The van der Waals surface area contributed by atoms with Gasteiger partial charge in [-0.3, -0.25) is 4.79 Å². The van der Waals surface area contributed by atoms with E-state index in [4.69, 9.17) is 16.0 Å². The SMILES string of the molecule is CC(CBr)(NC(=O)c1ccoc1Cl)c1ccccc1. The van der Waals surface area contributed by atoms with E-state index >= 15 is 0 Å². The summed E-state index contributed by atoms with van der Waals surface area (Å²) in [6.07, 6.45) is 1.39. The molecule has 0 spiro atoms. The number of hydrogen-bond acceptors (Lipinski definition) is 2. The molecular weight excluding hydrogens is 330 g/mol. The molecule has 100 valence electrons. The third-order valence-corrected chi connectivity index (χ3v) is 4.34. The fourth-order valence-electron chi connectivity index (χ4n) is 1.76. The Balaban J connectivity index is 2.25. The van der Waals surface area contributed by atoms with Crippen molar-refractivity contribution in [1.82, 2.24) is 5.32 Å². The van der Waals surface area contributed by atoms with Gasteiger partial charge in [0.15, 0.2) is 0 Å². The zero-order valence-electron chi connectivity index (χ0n) is 10.3. The highest BCUT2D eigenvalue weighted by Gasteiger charge is 2.28. The molecule has 1 heterocycles. The summed E-state index contributed by atoms with van der Waals surface area (Å²) in [6, 6.07) is 11.3. The van der Waals surface area contributed by atoms with Gasteiger partial charge in [0.1, 0.15) is 0 Å². The van der Waals surface area contributed by atoms with Gasteiger partial charge in [0.2, 0.25) is 5.22 Å². The van der Waals surface area contributed by atoms with Gasteiger partial charge >= 0.3 is 0 Å². The van der Waals surface area contributed by atoms with Gasteiger partial charge in [-0.15, -0.1) is 0 Å². The molecule has 1 aromatic heterocycles. The molecule has 0 aliphatic carbocycles. The maximum absolute atomic E-state index is 12.2. The van der Waals surface area contributed by atoms with Crippen LogP contribution in [-0.2, 0) is 5.54 Å². The van der Waals surface area contributed by atoms with Crippen LogP contribution in [0.1, 0.15) is 22.8 Å². The molecule has 0 saturated heterocycles. The number of alkyl halides is 1. The van der Waals surface area contributed by atoms with Crippen LogP contribution in [0.25, 0.3) is 0 Å². The Kier molecular flexibility index (Phi) is 4.32. The minimum atomic E-state index is -0.515. The van der Waals surface area contributed by atoms with Crippen molar-refractivity contribution in [2.75, 3.05) is 5.33 Å². The zero-order chi connectivity index (χ0) is 13.9. The van der Waals surface area contributed by atoms with Gasteiger partial charge < -0.3 is 9.73 Å². The number of carbonyl (C=O) groups excluding carboxylic acids is 1. The van der Waals surface area contributed by atoms with Gasteiger partial charge in [-0.05, 0) is 30.2 Å². The maximum Gasteiger partial charge on any atom is 0.256 e. The molecule has 0 saturated carbocycles. The fourth-order valence-corrected chi connectivity index (χ4v) is 2.43. The van der Waals surface area contributed by atoms with Crippen LogP contribution in [-0.4, -0.2) is 11.2 Å². The lowest BCUT2D eigenvalue weighted by Gasteiger charge is -2.29.